The summed E-state index contributed by atoms with van der Waals surface area (Å²) in [5, 5.41) is 0. The van der Waals surface area contributed by atoms with E-state index >= 15 is 0 Å². The number of nitrogens with zero attached hydrogens (tertiary/aromatic N) is 1. The second kappa shape index (κ2) is 9.30. The van der Waals surface area contributed by atoms with Crippen LogP contribution in [0, 0.1) is 23.2 Å². The molecule has 5 fully saturated rings. The fourth-order valence-corrected chi connectivity index (χ4v) is 8.57. The van der Waals surface area contributed by atoms with Gasteiger partial charge in [0, 0.05) is 4.47 Å². The summed E-state index contributed by atoms with van der Waals surface area (Å²) >= 11 is 10.2. The van der Waals surface area contributed by atoms with Crippen molar-refractivity contribution < 1.29 is 19.1 Å². The Morgan fingerprint density at radius 3 is 2.42 bits per heavy atom. The summed E-state index contributed by atoms with van der Waals surface area (Å²) in [6.45, 7) is 0. The van der Waals surface area contributed by atoms with Crippen LogP contribution in [0.25, 0.3) is 6.08 Å². The van der Waals surface area contributed by atoms with Crippen LogP contribution < -0.4 is 14.4 Å². The SMILES string of the molecule is COc1cc(/C=C2\SC(=S)N(c3cccc(Br)c3)C2=O)ccc1OC(=O)C12CC3CC(CC(C3)C1)C2. The van der Waals surface area contributed by atoms with E-state index < -0.39 is 0 Å². The van der Waals surface area contributed by atoms with Crippen molar-refractivity contribution in [3.8, 4) is 11.5 Å². The number of thiocarbonyl (C=S) groups is 1. The zero-order valence-electron chi connectivity index (χ0n) is 19.9. The van der Waals surface area contributed by atoms with Gasteiger partial charge in [0.05, 0.1) is 23.1 Å². The molecule has 4 bridgehead atoms. The molecule has 1 amide bonds. The van der Waals surface area contributed by atoms with Gasteiger partial charge >= 0.3 is 5.97 Å². The summed E-state index contributed by atoms with van der Waals surface area (Å²) in [4.78, 5) is 28.6. The van der Waals surface area contributed by atoms with Crippen molar-refractivity contribution in [2.45, 2.75) is 38.5 Å². The van der Waals surface area contributed by atoms with Gasteiger partial charge in [0.15, 0.2) is 15.8 Å². The van der Waals surface area contributed by atoms with Crippen molar-refractivity contribution in [2.75, 3.05) is 12.0 Å². The van der Waals surface area contributed by atoms with Crippen LogP contribution in [0.3, 0.4) is 0 Å². The molecule has 36 heavy (non-hydrogen) atoms. The molecule has 0 spiro atoms. The smallest absolute Gasteiger partial charge is 0.317 e. The predicted molar refractivity (Wildman–Crippen MR) is 149 cm³/mol. The maximum atomic E-state index is 13.4. The van der Waals surface area contributed by atoms with Gasteiger partial charge in [-0.1, -0.05) is 52.0 Å². The van der Waals surface area contributed by atoms with Crippen LogP contribution in [0.15, 0.2) is 51.8 Å². The zero-order chi connectivity index (χ0) is 25.0. The molecule has 2 aromatic carbocycles. The number of methoxy groups -OCH3 is 1. The molecule has 1 saturated heterocycles. The number of thioether (sulfide) groups is 1. The Bertz CT molecular complexity index is 1270. The lowest BCUT2D eigenvalue weighted by molar-refractivity contribution is -0.161. The van der Waals surface area contributed by atoms with Gasteiger partial charge in [-0.25, -0.2) is 0 Å². The summed E-state index contributed by atoms with van der Waals surface area (Å²) < 4.78 is 12.9. The minimum Gasteiger partial charge on any atom is -0.493 e. The Labute approximate surface area is 228 Å². The topological polar surface area (TPSA) is 55.8 Å². The number of ether oxygens (including phenoxy) is 2. The van der Waals surface area contributed by atoms with Gasteiger partial charge in [0.2, 0.25) is 0 Å². The van der Waals surface area contributed by atoms with Crippen LogP contribution in [0.1, 0.15) is 44.1 Å². The van der Waals surface area contributed by atoms with Crippen molar-refractivity contribution >= 4 is 67.9 Å². The van der Waals surface area contributed by atoms with E-state index in [4.69, 9.17) is 21.7 Å². The number of esters is 1. The van der Waals surface area contributed by atoms with E-state index in [-0.39, 0.29) is 17.3 Å². The van der Waals surface area contributed by atoms with Gasteiger partial charge in [-0.2, -0.15) is 0 Å². The lowest BCUT2D eigenvalue weighted by Crippen LogP contribution is -2.51. The fourth-order valence-electron chi connectivity index (χ4n) is 6.88. The first-order valence-corrected chi connectivity index (χ1v) is 14.3. The second-order valence-corrected chi connectivity index (χ2v) is 13.1. The summed E-state index contributed by atoms with van der Waals surface area (Å²) in [7, 11) is 1.56. The number of anilines is 1. The van der Waals surface area contributed by atoms with Crippen molar-refractivity contribution in [2.24, 2.45) is 23.2 Å². The van der Waals surface area contributed by atoms with Crippen molar-refractivity contribution in [1.82, 2.24) is 0 Å². The molecule has 4 aliphatic carbocycles. The Kier molecular flexibility index (Phi) is 6.25. The number of hydrogen-bond acceptors (Lipinski definition) is 6. The Hall–Kier alpha value is -2.16. The minimum atomic E-state index is -0.334. The quantitative estimate of drug-likeness (QED) is 0.164. The standard InChI is InChI=1S/C28H26BrNO4S2/c1-33-23-10-16(11-24-25(31)30(27(35)36-24)21-4-2-3-20(29)12-21)5-6-22(23)34-26(32)28-13-17-7-18(14-28)9-19(8-17)15-28/h2-6,10-12,17-19H,7-9,13-15H2,1H3/b24-11-. The largest absolute Gasteiger partial charge is 0.493 e. The highest BCUT2D eigenvalue weighted by atomic mass is 79.9. The molecule has 186 valence electrons. The maximum Gasteiger partial charge on any atom is 0.317 e. The lowest BCUT2D eigenvalue weighted by atomic mass is 9.49. The van der Waals surface area contributed by atoms with E-state index in [0.717, 1.165) is 35.0 Å². The molecule has 1 heterocycles. The molecule has 0 unspecified atom stereocenters. The van der Waals surface area contributed by atoms with Gasteiger partial charge in [-0.05, 0) is 98.2 Å². The maximum absolute atomic E-state index is 13.4. The average Bonchev–Trinajstić information content (AvgIpc) is 3.11. The number of benzene rings is 2. The van der Waals surface area contributed by atoms with Crippen LogP contribution >= 0.6 is 39.9 Å². The molecule has 8 heteroatoms. The number of rotatable bonds is 5. The first-order chi connectivity index (χ1) is 17.3. The van der Waals surface area contributed by atoms with Crippen LogP contribution in [0.2, 0.25) is 0 Å². The lowest BCUT2D eigenvalue weighted by Gasteiger charge is -2.55. The number of amides is 1. The first-order valence-electron chi connectivity index (χ1n) is 12.3. The third kappa shape index (κ3) is 4.31. The van der Waals surface area contributed by atoms with Crippen LogP contribution in [-0.4, -0.2) is 23.3 Å². The molecule has 0 radical (unpaired) electrons. The minimum absolute atomic E-state index is 0.109. The normalized spacial score (nSPS) is 29.8. The highest BCUT2D eigenvalue weighted by Crippen LogP contribution is 2.60. The molecule has 5 aliphatic rings. The molecule has 4 saturated carbocycles. The summed E-state index contributed by atoms with van der Waals surface area (Å²) in [6, 6.07) is 12.9. The van der Waals surface area contributed by atoms with Gasteiger partial charge in [-0.3, -0.25) is 14.5 Å². The third-order valence-electron chi connectivity index (χ3n) is 8.02. The number of halogens is 1. The Morgan fingerprint density at radius 1 is 1.08 bits per heavy atom. The summed E-state index contributed by atoms with van der Waals surface area (Å²) in [6.07, 6.45) is 8.49. The van der Waals surface area contributed by atoms with Crippen LogP contribution in [-0.2, 0) is 9.59 Å². The highest BCUT2D eigenvalue weighted by molar-refractivity contribution is 9.10. The monoisotopic (exact) mass is 583 g/mol. The van der Waals surface area contributed by atoms with Crippen molar-refractivity contribution in [3.63, 3.8) is 0 Å². The zero-order valence-corrected chi connectivity index (χ0v) is 23.1. The highest BCUT2D eigenvalue weighted by Gasteiger charge is 2.55. The molecule has 1 aliphatic heterocycles. The van der Waals surface area contributed by atoms with Gasteiger partial charge in [0.25, 0.3) is 5.91 Å². The number of hydrogen-bond donors (Lipinski definition) is 0. The van der Waals surface area contributed by atoms with Crippen LogP contribution in [0.5, 0.6) is 11.5 Å². The molecule has 0 N–H and O–H groups in total. The number of carbonyl (C=O) groups is 2. The van der Waals surface area contributed by atoms with Gasteiger partial charge in [-0.15, -0.1) is 0 Å². The molecule has 2 aromatic rings. The fraction of sp³-hybridized carbons (Fsp3) is 0.393. The average molecular weight is 585 g/mol. The molecular weight excluding hydrogens is 558 g/mol. The van der Waals surface area contributed by atoms with E-state index in [9.17, 15) is 9.59 Å². The molecular formula is C28H26BrNO4S2. The Balaban J connectivity index is 1.21. The summed E-state index contributed by atoms with van der Waals surface area (Å²) in [5.74, 6) is 2.64. The molecule has 5 nitrogen and oxygen atoms in total. The van der Waals surface area contributed by atoms with E-state index in [0.29, 0.717) is 38.5 Å². The van der Waals surface area contributed by atoms with Gasteiger partial charge < -0.3 is 9.47 Å². The van der Waals surface area contributed by atoms with Crippen molar-refractivity contribution in [3.05, 3.63) is 57.4 Å². The Morgan fingerprint density at radius 2 is 1.78 bits per heavy atom. The van der Waals surface area contributed by atoms with E-state index in [1.807, 2.05) is 30.3 Å². The molecule has 0 atom stereocenters. The van der Waals surface area contributed by atoms with E-state index in [1.165, 1.54) is 35.9 Å². The molecule has 0 aromatic heterocycles. The van der Waals surface area contributed by atoms with E-state index in [2.05, 4.69) is 15.9 Å². The third-order valence-corrected chi connectivity index (χ3v) is 9.81. The van der Waals surface area contributed by atoms with Gasteiger partial charge in [0.1, 0.15) is 0 Å². The molecule has 7 rings (SSSR count). The predicted octanol–water partition coefficient (Wildman–Crippen LogP) is 6.99. The van der Waals surface area contributed by atoms with Crippen molar-refractivity contribution in [1.29, 1.82) is 0 Å². The summed E-state index contributed by atoms with van der Waals surface area (Å²) in [5.41, 5.74) is 1.16. The first kappa shape index (κ1) is 24.2. The number of carbonyl (C=O) groups excluding carboxylic acids is 2. The van der Waals surface area contributed by atoms with Crippen LogP contribution in [0.4, 0.5) is 5.69 Å². The second-order valence-electron chi connectivity index (χ2n) is 10.5. The van der Waals surface area contributed by atoms with E-state index in [1.54, 1.807) is 25.3 Å².